The Morgan fingerprint density at radius 1 is 1.38 bits per heavy atom. The molecule has 2 aromatic rings. The third-order valence-electron chi connectivity index (χ3n) is 4.95. The van der Waals surface area contributed by atoms with E-state index < -0.39 is 0 Å². The van der Waals surface area contributed by atoms with Crippen molar-refractivity contribution in [3.63, 3.8) is 0 Å². The van der Waals surface area contributed by atoms with Gasteiger partial charge < -0.3 is 20.1 Å². The Morgan fingerprint density at radius 2 is 2.15 bits per heavy atom. The van der Waals surface area contributed by atoms with Crippen molar-refractivity contribution in [2.75, 3.05) is 23.3 Å². The van der Waals surface area contributed by atoms with Crippen LogP contribution in [0, 0.1) is 5.92 Å². The quantitative estimate of drug-likeness (QED) is 0.796. The fourth-order valence-corrected chi connectivity index (χ4v) is 4.14. The highest BCUT2D eigenvalue weighted by molar-refractivity contribution is 9.10. The lowest BCUT2D eigenvalue weighted by molar-refractivity contribution is 0.309. The molecule has 0 amide bonds. The van der Waals surface area contributed by atoms with Crippen LogP contribution in [0.3, 0.4) is 0 Å². The molecule has 1 aliphatic rings. The number of hydrogen-bond acceptors (Lipinski definition) is 5. The van der Waals surface area contributed by atoms with Gasteiger partial charge in [-0.1, -0.05) is 13.8 Å². The first-order valence-electron chi connectivity index (χ1n) is 8.96. The van der Waals surface area contributed by atoms with Crippen LogP contribution in [-0.2, 0) is 7.05 Å². The average molecular weight is 420 g/mol. The van der Waals surface area contributed by atoms with Crippen LogP contribution >= 0.6 is 15.9 Å². The summed E-state index contributed by atoms with van der Waals surface area (Å²) >= 11 is 3.42. The molecule has 0 aliphatic carbocycles. The maximum Gasteiger partial charge on any atom is 0.274 e. The smallest absolute Gasteiger partial charge is 0.274 e. The van der Waals surface area contributed by atoms with Crippen LogP contribution in [0.15, 0.2) is 39.9 Å². The normalized spacial score (nSPS) is 20.5. The molecule has 2 N–H and O–H groups in total. The summed E-state index contributed by atoms with van der Waals surface area (Å²) in [7, 11) is 1.73. The van der Waals surface area contributed by atoms with Gasteiger partial charge in [0.1, 0.15) is 11.5 Å². The lowest BCUT2D eigenvalue weighted by atomic mass is 9.94. The maximum atomic E-state index is 12.2. The number of nitrogens with one attached hydrogen (secondary N) is 2. The number of anilines is 3. The Morgan fingerprint density at radius 3 is 2.81 bits per heavy atom. The van der Waals surface area contributed by atoms with Crippen molar-refractivity contribution < 1.29 is 0 Å². The van der Waals surface area contributed by atoms with Gasteiger partial charge in [0.15, 0.2) is 0 Å². The monoisotopic (exact) mass is 419 g/mol. The molecule has 3 heterocycles. The molecule has 1 saturated heterocycles. The van der Waals surface area contributed by atoms with E-state index in [9.17, 15) is 4.79 Å². The largest absolute Gasteiger partial charge is 0.365 e. The second-order valence-corrected chi connectivity index (χ2v) is 8.09. The predicted molar refractivity (Wildman–Crippen MR) is 110 cm³/mol. The van der Waals surface area contributed by atoms with Gasteiger partial charge in [-0.25, -0.2) is 4.98 Å². The minimum atomic E-state index is -0.0884. The zero-order valence-electron chi connectivity index (χ0n) is 15.7. The molecule has 3 rings (SSSR count). The Labute approximate surface area is 162 Å². The first-order chi connectivity index (χ1) is 12.4. The van der Waals surface area contributed by atoms with Gasteiger partial charge in [-0.05, 0) is 47.0 Å². The van der Waals surface area contributed by atoms with Crippen LogP contribution in [0.2, 0.25) is 0 Å². The third kappa shape index (κ3) is 3.94. The number of aromatic nitrogens is 2. The fraction of sp³-hybridized carbons (Fsp3) is 0.474. The van der Waals surface area contributed by atoms with Gasteiger partial charge in [-0.15, -0.1) is 0 Å². The Balaban J connectivity index is 1.78. The van der Waals surface area contributed by atoms with E-state index in [-0.39, 0.29) is 5.56 Å². The third-order valence-corrected chi connectivity index (χ3v) is 5.39. The van der Waals surface area contributed by atoms with E-state index in [0.29, 0.717) is 29.5 Å². The van der Waals surface area contributed by atoms with Gasteiger partial charge in [-0.2, -0.15) is 0 Å². The van der Waals surface area contributed by atoms with E-state index in [0.717, 1.165) is 23.2 Å². The van der Waals surface area contributed by atoms with Crippen molar-refractivity contribution >= 4 is 33.1 Å². The number of hydrogen-bond donors (Lipinski definition) is 2. The summed E-state index contributed by atoms with van der Waals surface area (Å²) in [4.78, 5) is 19.1. The van der Waals surface area contributed by atoms with Crippen molar-refractivity contribution in [2.24, 2.45) is 13.0 Å². The van der Waals surface area contributed by atoms with Crippen LogP contribution in [0.5, 0.6) is 0 Å². The molecule has 0 bridgehead atoms. The minimum Gasteiger partial charge on any atom is -0.365 e. The van der Waals surface area contributed by atoms with Crippen molar-refractivity contribution in [1.82, 2.24) is 14.9 Å². The van der Waals surface area contributed by atoms with Gasteiger partial charge in [0, 0.05) is 42.9 Å². The standard InChI is InChI=1S/C19H26BrN5O/c1-12(2)18-13(3)25(8-7-21-18)15-5-6-17(22-10-15)23-16-9-14(20)11-24(4)19(16)26/h5-6,9-13,18,21H,7-8H2,1-4H3,(H,22,23). The van der Waals surface area contributed by atoms with E-state index in [2.05, 4.69) is 63.3 Å². The molecule has 0 aromatic carbocycles. The molecular formula is C19H26BrN5O. The van der Waals surface area contributed by atoms with Gasteiger partial charge >= 0.3 is 0 Å². The van der Waals surface area contributed by atoms with Gasteiger partial charge in [0.25, 0.3) is 5.56 Å². The summed E-state index contributed by atoms with van der Waals surface area (Å²) < 4.78 is 2.38. The zero-order chi connectivity index (χ0) is 18.8. The molecule has 0 saturated carbocycles. The van der Waals surface area contributed by atoms with E-state index in [4.69, 9.17) is 0 Å². The molecule has 2 atom stereocenters. The van der Waals surface area contributed by atoms with Gasteiger partial charge in [0.05, 0.1) is 11.9 Å². The summed E-state index contributed by atoms with van der Waals surface area (Å²) in [6.45, 7) is 8.70. The lowest BCUT2D eigenvalue weighted by Gasteiger charge is -2.43. The SMILES string of the molecule is CC(C)C1NCCN(c2ccc(Nc3cc(Br)cn(C)c3=O)nc2)C1C. The first-order valence-corrected chi connectivity index (χ1v) is 9.75. The highest BCUT2D eigenvalue weighted by atomic mass is 79.9. The van der Waals surface area contributed by atoms with Gasteiger partial charge in [0.2, 0.25) is 0 Å². The van der Waals surface area contributed by atoms with Crippen LogP contribution in [-0.4, -0.2) is 34.7 Å². The van der Waals surface area contributed by atoms with Crippen molar-refractivity contribution in [3.8, 4) is 0 Å². The van der Waals surface area contributed by atoms with Crippen LogP contribution in [0.1, 0.15) is 20.8 Å². The number of halogens is 1. The highest BCUT2D eigenvalue weighted by Gasteiger charge is 2.29. The summed E-state index contributed by atoms with van der Waals surface area (Å²) in [6.07, 6.45) is 3.62. The molecule has 140 valence electrons. The van der Waals surface area contributed by atoms with Crippen molar-refractivity contribution in [1.29, 1.82) is 0 Å². The Hall–Kier alpha value is -1.86. The zero-order valence-corrected chi connectivity index (χ0v) is 17.2. The van der Waals surface area contributed by atoms with E-state index in [1.54, 1.807) is 19.3 Å². The molecule has 7 heteroatoms. The second kappa shape index (κ2) is 7.80. The Bertz CT molecular complexity index is 818. The summed E-state index contributed by atoms with van der Waals surface area (Å²) in [6, 6.07) is 6.63. The topological polar surface area (TPSA) is 62.2 Å². The van der Waals surface area contributed by atoms with Crippen LogP contribution < -0.4 is 21.1 Å². The second-order valence-electron chi connectivity index (χ2n) is 7.17. The highest BCUT2D eigenvalue weighted by Crippen LogP contribution is 2.24. The maximum absolute atomic E-state index is 12.2. The minimum absolute atomic E-state index is 0.0884. The number of pyridine rings is 2. The van der Waals surface area contributed by atoms with E-state index >= 15 is 0 Å². The molecule has 0 spiro atoms. The van der Waals surface area contributed by atoms with Gasteiger partial charge in [-0.3, -0.25) is 4.79 Å². The van der Waals surface area contributed by atoms with Crippen molar-refractivity contribution in [2.45, 2.75) is 32.9 Å². The number of piperazine rings is 1. The molecule has 0 radical (unpaired) electrons. The van der Waals surface area contributed by atoms with Crippen LogP contribution in [0.4, 0.5) is 17.2 Å². The molecule has 2 unspecified atom stereocenters. The molecule has 1 aliphatic heterocycles. The molecule has 2 aromatic heterocycles. The molecule has 26 heavy (non-hydrogen) atoms. The number of rotatable bonds is 4. The van der Waals surface area contributed by atoms with Crippen molar-refractivity contribution in [3.05, 3.63) is 45.4 Å². The first kappa shape index (κ1) is 18.9. The lowest BCUT2D eigenvalue weighted by Crippen LogP contribution is -2.58. The predicted octanol–water partition coefficient (Wildman–Crippen LogP) is 3.11. The summed E-state index contributed by atoms with van der Waals surface area (Å²) in [5, 5.41) is 6.73. The van der Waals surface area contributed by atoms with Crippen LogP contribution in [0.25, 0.3) is 0 Å². The fourth-order valence-electron chi connectivity index (χ4n) is 3.60. The van der Waals surface area contributed by atoms with E-state index in [1.807, 2.05) is 12.3 Å². The average Bonchev–Trinajstić information content (AvgIpc) is 2.60. The van der Waals surface area contributed by atoms with E-state index in [1.165, 1.54) is 4.57 Å². The summed E-state index contributed by atoms with van der Waals surface area (Å²) in [5.74, 6) is 1.24. The Kier molecular flexibility index (Phi) is 5.67. The number of nitrogens with zero attached hydrogens (tertiary/aromatic N) is 3. The summed E-state index contributed by atoms with van der Waals surface area (Å²) in [5.41, 5.74) is 1.52. The molecular weight excluding hydrogens is 394 g/mol. The number of aryl methyl sites for hydroxylation is 1. The molecule has 6 nitrogen and oxygen atoms in total. The molecule has 1 fully saturated rings.